The molecule has 106 valence electrons. The van der Waals surface area contributed by atoms with E-state index in [4.69, 9.17) is 14.6 Å². The van der Waals surface area contributed by atoms with Gasteiger partial charge in [-0.3, -0.25) is 15.0 Å². The number of nitrogens with one attached hydrogen (secondary N) is 2. The van der Waals surface area contributed by atoms with Crippen LogP contribution in [0.4, 0.5) is 0 Å². The first-order valence-electron chi connectivity index (χ1n) is 5.77. The Morgan fingerprint density at radius 3 is 2.45 bits per heavy atom. The molecule has 7 heteroatoms. The van der Waals surface area contributed by atoms with Crippen LogP contribution < -0.4 is 15.0 Å². The summed E-state index contributed by atoms with van der Waals surface area (Å²) in [5.41, 5.74) is 0.373. The summed E-state index contributed by atoms with van der Waals surface area (Å²) in [7, 11) is 2.97. The maximum absolute atomic E-state index is 11.8. The number of benzene rings is 1. The molecule has 3 N–H and O–H groups in total. The van der Waals surface area contributed by atoms with Crippen molar-refractivity contribution in [2.75, 3.05) is 14.2 Å². The van der Waals surface area contributed by atoms with Gasteiger partial charge >= 0.3 is 5.97 Å². The van der Waals surface area contributed by atoms with E-state index >= 15 is 0 Å². The lowest BCUT2D eigenvalue weighted by Crippen LogP contribution is -2.07. The smallest absolute Gasteiger partial charge is 0.354 e. The molecular weight excluding hydrogens is 264 g/mol. The molecule has 0 aliphatic rings. The molecular formula is C13H14N2O5. The summed E-state index contributed by atoms with van der Waals surface area (Å²) in [4.78, 5) is 23.0. The van der Waals surface area contributed by atoms with Crippen LogP contribution in [0.1, 0.15) is 16.1 Å². The van der Waals surface area contributed by atoms with Gasteiger partial charge in [0.25, 0.3) is 5.56 Å². The third kappa shape index (κ3) is 2.03. The normalized spacial score (nSPS) is 10.3. The number of carboxylic acid groups (broad SMARTS) is 1. The van der Waals surface area contributed by atoms with Crippen LogP contribution in [0.3, 0.4) is 0 Å². The number of hydrogen-bond acceptors (Lipinski definition) is 4. The second-order valence-electron chi connectivity index (χ2n) is 4.11. The molecule has 7 nitrogen and oxygen atoms in total. The maximum atomic E-state index is 11.8. The lowest BCUT2D eigenvalue weighted by atomic mass is 10.0. The van der Waals surface area contributed by atoms with Crippen molar-refractivity contribution in [3.05, 3.63) is 33.7 Å². The molecule has 1 aromatic carbocycles. The maximum Gasteiger partial charge on any atom is 0.354 e. The van der Waals surface area contributed by atoms with Gasteiger partial charge in [-0.05, 0) is 19.1 Å². The third-order valence-corrected chi connectivity index (χ3v) is 3.04. The van der Waals surface area contributed by atoms with Crippen molar-refractivity contribution in [2.24, 2.45) is 0 Å². The third-order valence-electron chi connectivity index (χ3n) is 3.04. The number of H-pyrrole nitrogens is 2. The van der Waals surface area contributed by atoms with Crippen molar-refractivity contribution in [2.45, 2.75) is 6.92 Å². The largest absolute Gasteiger partial charge is 0.496 e. The van der Waals surface area contributed by atoms with Gasteiger partial charge < -0.3 is 14.6 Å². The van der Waals surface area contributed by atoms with Crippen LogP contribution in [0.5, 0.6) is 11.5 Å². The van der Waals surface area contributed by atoms with Crippen LogP contribution in [-0.2, 0) is 0 Å². The minimum Gasteiger partial charge on any atom is -0.496 e. The highest BCUT2D eigenvalue weighted by atomic mass is 16.5. The van der Waals surface area contributed by atoms with Crippen LogP contribution in [0.2, 0.25) is 0 Å². The van der Waals surface area contributed by atoms with Gasteiger partial charge in [0.1, 0.15) is 11.5 Å². The van der Waals surface area contributed by atoms with Crippen LogP contribution in [-0.4, -0.2) is 35.5 Å². The number of carboxylic acids is 1. The molecule has 0 bridgehead atoms. The van der Waals surface area contributed by atoms with Gasteiger partial charge in [0.15, 0.2) is 5.69 Å². The van der Waals surface area contributed by atoms with E-state index in [0.29, 0.717) is 22.6 Å². The summed E-state index contributed by atoms with van der Waals surface area (Å²) in [5.74, 6) is -0.236. The topological polar surface area (TPSA) is 104 Å². The number of aromatic carboxylic acids is 1. The fraction of sp³-hybridized carbons (Fsp3) is 0.231. The average Bonchev–Trinajstić information content (AvgIpc) is 2.80. The fourth-order valence-electron chi connectivity index (χ4n) is 2.13. The summed E-state index contributed by atoms with van der Waals surface area (Å²) < 4.78 is 10.5. The minimum atomic E-state index is -1.23. The van der Waals surface area contributed by atoms with Crippen molar-refractivity contribution >= 4 is 5.97 Å². The van der Waals surface area contributed by atoms with Gasteiger partial charge in [-0.1, -0.05) is 0 Å². The van der Waals surface area contributed by atoms with E-state index in [1.165, 1.54) is 14.2 Å². The highest BCUT2D eigenvalue weighted by Gasteiger charge is 2.22. The van der Waals surface area contributed by atoms with E-state index in [-0.39, 0.29) is 11.3 Å². The number of aromatic nitrogens is 2. The molecule has 0 aliphatic heterocycles. The molecule has 0 fully saturated rings. The zero-order chi connectivity index (χ0) is 14.9. The Kier molecular flexibility index (Phi) is 3.51. The van der Waals surface area contributed by atoms with E-state index < -0.39 is 11.5 Å². The van der Waals surface area contributed by atoms with Gasteiger partial charge in [-0.2, -0.15) is 0 Å². The zero-order valence-corrected chi connectivity index (χ0v) is 11.2. The van der Waals surface area contributed by atoms with E-state index in [1.807, 2.05) is 0 Å². The van der Waals surface area contributed by atoms with E-state index in [2.05, 4.69) is 10.2 Å². The Morgan fingerprint density at radius 2 is 1.90 bits per heavy atom. The molecule has 0 amide bonds. The highest BCUT2D eigenvalue weighted by Crippen LogP contribution is 2.37. The van der Waals surface area contributed by atoms with Gasteiger partial charge in [0.05, 0.1) is 19.8 Å². The van der Waals surface area contributed by atoms with Gasteiger partial charge in [0.2, 0.25) is 0 Å². The fourth-order valence-corrected chi connectivity index (χ4v) is 2.13. The lowest BCUT2D eigenvalue weighted by Gasteiger charge is -2.13. The number of aromatic amines is 2. The average molecular weight is 278 g/mol. The van der Waals surface area contributed by atoms with Crippen LogP contribution in [0, 0.1) is 6.92 Å². The molecule has 2 rings (SSSR count). The molecule has 0 radical (unpaired) electrons. The van der Waals surface area contributed by atoms with Gasteiger partial charge in [-0.25, -0.2) is 4.79 Å². The minimum absolute atomic E-state index is 0.0279. The number of methoxy groups -OCH3 is 2. The Labute approximate surface area is 114 Å². The molecule has 0 unspecified atom stereocenters. The lowest BCUT2D eigenvalue weighted by molar-refractivity contribution is 0.0691. The molecule has 0 saturated heterocycles. The Bertz CT molecular complexity index is 714. The quantitative estimate of drug-likeness (QED) is 0.784. The summed E-state index contributed by atoms with van der Waals surface area (Å²) in [6.07, 6.45) is 0. The Hall–Kier alpha value is -2.70. The summed E-state index contributed by atoms with van der Waals surface area (Å²) in [6, 6.07) is 3.25. The van der Waals surface area contributed by atoms with Gasteiger partial charge in [0, 0.05) is 11.1 Å². The summed E-state index contributed by atoms with van der Waals surface area (Å²) >= 11 is 0. The van der Waals surface area contributed by atoms with E-state index in [0.717, 1.165) is 0 Å². The van der Waals surface area contributed by atoms with E-state index in [1.54, 1.807) is 19.1 Å². The SMILES string of the molecule is COc1ccc(-c2c(C(=O)O)[nH][nH]c2=O)c(OC)c1C. The Morgan fingerprint density at radius 1 is 1.20 bits per heavy atom. The van der Waals surface area contributed by atoms with Crippen LogP contribution >= 0.6 is 0 Å². The molecule has 0 aliphatic carbocycles. The van der Waals surface area contributed by atoms with Gasteiger partial charge in [-0.15, -0.1) is 0 Å². The van der Waals surface area contributed by atoms with Crippen LogP contribution in [0.15, 0.2) is 16.9 Å². The van der Waals surface area contributed by atoms with Crippen molar-refractivity contribution in [3.8, 4) is 22.6 Å². The van der Waals surface area contributed by atoms with E-state index in [9.17, 15) is 9.59 Å². The second-order valence-corrected chi connectivity index (χ2v) is 4.11. The number of carbonyl (C=O) groups is 1. The zero-order valence-electron chi connectivity index (χ0n) is 11.2. The molecule has 0 saturated carbocycles. The number of rotatable bonds is 4. The van der Waals surface area contributed by atoms with Crippen molar-refractivity contribution in [1.82, 2.24) is 10.2 Å². The highest BCUT2D eigenvalue weighted by molar-refractivity contribution is 5.95. The predicted octanol–water partition coefficient (Wildman–Crippen LogP) is 1.39. The van der Waals surface area contributed by atoms with Crippen molar-refractivity contribution in [1.29, 1.82) is 0 Å². The molecule has 0 atom stereocenters. The standard InChI is InChI=1S/C13H14N2O5/c1-6-8(19-2)5-4-7(11(6)20-3)9-10(13(17)18)14-15-12(9)16/h4-5H,1-3H3,(H,17,18)(H2,14,15,16). The summed E-state index contributed by atoms with van der Waals surface area (Å²) in [5, 5.41) is 13.7. The molecule has 20 heavy (non-hydrogen) atoms. The predicted molar refractivity (Wildman–Crippen MR) is 71.6 cm³/mol. The van der Waals surface area contributed by atoms with Crippen molar-refractivity contribution in [3.63, 3.8) is 0 Å². The first-order chi connectivity index (χ1) is 9.51. The first-order valence-corrected chi connectivity index (χ1v) is 5.77. The van der Waals surface area contributed by atoms with Crippen LogP contribution in [0.25, 0.3) is 11.1 Å². The monoisotopic (exact) mass is 278 g/mol. The first kappa shape index (κ1) is 13.7. The number of ether oxygens (including phenoxy) is 2. The number of hydrogen-bond donors (Lipinski definition) is 3. The van der Waals surface area contributed by atoms with Crippen molar-refractivity contribution < 1.29 is 19.4 Å². The molecule has 1 aromatic heterocycles. The summed E-state index contributed by atoms with van der Waals surface area (Å²) in [6.45, 7) is 1.77. The molecule has 0 spiro atoms. The molecule has 2 aromatic rings. The molecule has 1 heterocycles. The second kappa shape index (κ2) is 5.12. The Balaban J connectivity index is 2.77.